The molecule has 156 valence electrons. The smallest absolute Gasteiger partial charge is 0.266 e. The predicted molar refractivity (Wildman–Crippen MR) is 112 cm³/mol. The van der Waals surface area contributed by atoms with Crippen molar-refractivity contribution in [2.24, 2.45) is 4.99 Å². The zero-order chi connectivity index (χ0) is 21.2. The Morgan fingerprint density at radius 1 is 1.31 bits per heavy atom. The molecule has 1 aromatic heterocycles. The van der Waals surface area contributed by atoms with Gasteiger partial charge in [-0.15, -0.1) is 6.42 Å². The van der Waals surface area contributed by atoms with Crippen molar-refractivity contribution < 1.29 is 22.7 Å². The summed E-state index contributed by atoms with van der Waals surface area (Å²) in [7, 11) is -0.397. The summed E-state index contributed by atoms with van der Waals surface area (Å²) in [5.74, 6) is 3.27. The van der Waals surface area contributed by atoms with Gasteiger partial charge in [-0.2, -0.15) is 9.30 Å². The number of fused-ring (bicyclic) bond motifs is 1. The minimum atomic E-state index is -3.50. The molecule has 8 nitrogen and oxygen atoms in total. The van der Waals surface area contributed by atoms with E-state index in [1.165, 1.54) is 15.6 Å². The molecule has 1 aromatic carbocycles. The number of hydrogen-bond acceptors (Lipinski definition) is 6. The molecule has 1 atom stereocenters. The van der Waals surface area contributed by atoms with Crippen molar-refractivity contribution in [1.82, 2.24) is 8.87 Å². The van der Waals surface area contributed by atoms with Gasteiger partial charge in [0.2, 0.25) is 10.0 Å². The lowest BCUT2D eigenvalue weighted by Crippen LogP contribution is -2.47. The molecule has 1 amide bonds. The molecule has 0 aliphatic carbocycles. The normalized spacial score (nSPS) is 18.6. The maximum Gasteiger partial charge on any atom is 0.266 e. The number of rotatable bonds is 5. The Balaban J connectivity index is 2.18. The average Bonchev–Trinajstić information content (AvgIpc) is 3.05. The van der Waals surface area contributed by atoms with Crippen LogP contribution in [0.2, 0.25) is 0 Å². The minimum absolute atomic E-state index is 0.177. The fraction of sp³-hybridized carbons (Fsp3) is 0.474. The number of aromatic nitrogens is 1. The van der Waals surface area contributed by atoms with Crippen LogP contribution in [0.1, 0.15) is 19.3 Å². The summed E-state index contributed by atoms with van der Waals surface area (Å²) < 4.78 is 38.8. The van der Waals surface area contributed by atoms with Crippen LogP contribution < -0.4 is 14.3 Å². The molecule has 10 heteroatoms. The third-order valence-corrected chi connectivity index (χ3v) is 7.19. The average molecular weight is 438 g/mol. The molecule has 0 bridgehead atoms. The molecule has 0 saturated carbocycles. The highest BCUT2D eigenvalue weighted by atomic mass is 32.2. The summed E-state index contributed by atoms with van der Waals surface area (Å²) in [5.41, 5.74) is 0.685. The van der Waals surface area contributed by atoms with Gasteiger partial charge in [0.1, 0.15) is 27.8 Å². The Bertz CT molecular complexity index is 1140. The Kier molecular flexibility index (Phi) is 6.31. The van der Waals surface area contributed by atoms with Gasteiger partial charge in [0.15, 0.2) is 4.80 Å². The van der Waals surface area contributed by atoms with E-state index in [1.54, 1.807) is 30.9 Å². The summed E-state index contributed by atoms with van der Waals surface area (Å²) in [5, 5.41) is 0. The van der Waals surface area contributed by atoms with Crippen LogP contribution in [-0.2, 0) is 21.4 Å². The van der Waals surface area contributed by atoms with Crippen LogP contribution in [0.4, 0.5) is 0 Å². The standard InChI is InChI=1S/C19H23N3O5S2/c1-5-11-21-16-14(26-2)9-10-15(27-3)17(16)28-19(21)20-18(23)13-8-6-7-12-22(13)29(4,24)25/h1,9-10,13H,6-8,11-12H2,2-4H3. The van der Waals surface area contributed by atoms with Crippen molar-refractivity contribution in [2.45, 2.75) is 31.8 Å². The number of amides is 1. The van der Waals surface area contributed by atoms with Crippen LogP contribution in [0.5, 0.6) is 11.5 Å². The van der Waals surface area contributed by atoms with Gasteiger partial charge < -0.3 is 14.0 Å². The highest BCUT2D eigenvalue weighted by molar-refractivity contribution is 7.88. The fourth-order valence-corrected chi connectivity index (χ4v) is 5.76. The van der Waals surface area contributed by atoms with E-state index in [0.29, 0.717) is 34.8 Å². The maximum absolute atomic E-state index is 13.0. The van der Waals surface area contributed by atoms with Crippen LogP contribution >= 0.6 is 11.3 Å². The van der Waals surface area contributed by atoms with Crippen LogP contribution in [-0.4, -0.2) is 56.3 Å². The zero-order valence-corrected chi connectivity index (χ0v) is 18.2. The molecule has 1 aliphatic rings. The molecule has 2 heterocycles. The van der Waals surface area contributed by atoms with E-state index in [9.17, 15) is 13.2 Å². The first-order valence-electron chi connectivity index (χ1n) is 9.05. The van der Waals surface area contributed by atoms with E-state index in [4.69, 9.17) is 15.9 Å². The van der Waals surface area contributed by atoms with Crippen molar-refractivity contribution in [3.8, 4) is 23.8 Å². The fourth-order valence-electron chi connectivity index (χ4n) is 3.49. The highest BCUT2D eigenvalue weighted by Crippen LogP contribution is 2.35. The summed E-state index contributed by atoms with van der Waals surface area (Å²) in [6, 6.07) is 2.74. The van der Waals surface area contributed by atoms with Gasteiger partial charge >= 0.3 is 0 Å². The van der Waals surface area contributed by atoms with Gasteiger partial charge in [-0.25, -0.2) is 8.42 Å². The second kappa shape index (κ2) is 8.57. The number of benzene rings is 1. The van der Waals surface area contributed by atoms with E-state index >= 15 is 0 Å². The molecule has 1 aliphatic heterocycles. The topological polar surface area (TPSA) is 90.2 Å². The third kappa shape index (κ3) is 4.17. The number of ether oxygens (including phenoxy) is 2. The highest BCUT2D eigenvalue weighted by Gasteiger charge is 2.34. The first-order valence-corrected chi connectivity index (χ1v) is 11.7. The summed E-state index contributed by atoms with van der Waals surface area (Å²) in [6.07, 6.45) is 8.61. The minimum Gasteiger partial charge on any atom is -0.495 e. The molecule has 0 radical (unpaired) electrons. The van der Waals surface area contributed by atoms with Crippen LogP contribution in [0.25, 0.3) is 10.2 Å². The van der Waals surface area contributed by atoms with Gasteiger partial charge in [-0.3, -0.25) is 4.79 Å². The molecule has 1 fully saturated rings. The van der Waals surface area contributed by atoms with Gasteiger partial charge in [0, 0.05) is 6.54 Å². The van der Waals surface area contributed by atoms with Gasteiger partial charge in [-0.05, 0) is 25.0 Å². The van der Waals surface area contributed by atoms with Crippen LogP contribution in [0.3, 0.4) is 0 Å². The van der Waals surface area contributed by atoms with E-state index < -0.39 is 22.0 Å². The lowest BCUT2D eigenvalue weighted by Gasteiger charge is -2.31. The van der Waals surface area contributed by atoms with E-state index in [2.05, 4.69) is 10.9 Å². The van der Waals surface area contributed by atoms with E-state index in [-0.39, 0.29) is 6.54 Å². The van der Waals surface area contributed by atoms with Gasteiger partial charge in [0.05, 0.1) is 27.0 Å². The lowest BCUT2D eigenvalue weighted by molar-refractivity contribution is -0.122. The van der Waals surface area contributed by atoms with Crippen LogP contribution in [0, 0.1) is 12.3 Å². The van der Waals surface area contributed by atoms with Gasteiger partial charge in [0.25, 0.3) is 5.91 Å². The molecule has 3 rings (SSSR count). The summed E-state index contributed by atoms with van der Waals surface area (Å²) in [4.78, 5) is 17.6. The largest absolute Gasteiger partial charge is 0.495 e. The summed E-state index contributed by atoms with van der Waals surface area (Å²) in [6.45, 7) is 0.499. The maximum atomic E-state index is 13.0. The number of sulfonamides is 1. The Hall–Kier alpha value is -2.35. The number of hydrogen-bond donors (Lipinski definition) is 0. The molecule has 1 saturated heterocycles. The van der Waals surface area contributed by atoms with Crippen molar-refractivity contribution >= 4 is 37.5 Å². The van der Waals surface area contributed by atoms with Crippen molar-refractivity contribution in [2.75, 3.05) is 27.0 Å². The first kappa shape index (κ1) is 21.4. The molecular weight excluding hydrogens is 414 g/mol. The number of piperidine rings is 1. The molecule has 0 spiro atoms. The number of terminal acetylenes is 1. The zero-order valence-electron chi connectivity index (χ0n) is 16.5. The lowest BCUT2D eigenvalue weighted by atomic mass is 10.0. The van der Waals surface area contributed by atoms with Crippen LogP contribution in [0.15, 0.2) is 17.1 Å². The quantitative estimate of drug-likeness (QED) is 0.663. The Morgan fingerprint density at radius 2 is 2.00 bits per heavy atom. The van der Waals surface area contributed by atoms with Crippen molar-refractivity contribution in [1.29, 1.82) is 0 Å². The SMILES string of the molecule is C#CCn1c(=NC(=O)C2CCCCN2S(C)(=O)=O)sc2c(OC)ccc(OC)c21. The van der Waals surface area contributed by atoms with Crippen molar-refractivity contribution in [3.63, 3.8) is 0 Å². The predicted octanol–water partition coefficient (Wildman–Crippen LogP) is 1.59. The summed E-state index contributed by atoms with van der Waals surface area (Å²) >= 11 is 1.25. The number of methoxy groups -OCH3 is 2. The molecule has 2 aromatic rings. The monoisotopic (exact) mass is 437 g/mol. The van der Waals surface area contributed by atoms with Gasteiger partial charge in [-0.1, -0.05) is 23.7 Å². The second-order valence-corrected chi connectivity index (χ2v) is 9.57. The molecule has 0 N–H and O–H groups in total. The number of carbonyl (C=O) groups excluding carboxylic acids is 1. The third-order valence-electron chi connectivity index (χ3n) is 4.81. The Labute approximate surface area is 173 Å². The number of carbonyl (C=O) groups is 1. The van der Waals surface area contributed by atoms with E-state index in [1.807, 2.05) is 0 Å². The second-order valence-electron chi connectivity index (χ2n) is 6.66. The Morgan fingerprint density at radius 3 is 2.62 bits per heavy atom. The molecular formula is C19H23N3O5S2. The number of nitrogens with zero attached hydrogens (tertiary/aromatic N) is 3. The first-order chi connectivity index (χ1) is 13.8. The molecule has 29 heavy (non-hydrogen) atoms. The molecule has 1 unspecified atom stereocenters. The number of thiazole rings is 1. The van der Waals surface area contributed by atoms with Crippen molar-refractivity contribution in [3.05, 3.63) is 16.9 Å². The van der Waals surface area contributed by atoms with E-state index in [0.717, 1.165) is 23.8 Å².